The van der Waals surface area contributed by atoms with E-state index in [0.29, 0.717) is 11.9 Å². The topological polar surface area (TPSA) is 26.3 Å². The highest BCUT2D eigenvalue weighted by Crippen LogP contribution is 2.43. The number of hydrogen-bond acceptors (Lipinski definition) is 2. The van der Waals surface area contributed by atoms with Gasteiger partial charge in [-0.05, 0) is 81.3 Å². The minimum atomic E-state index is -0.0781. The summed E-state index contributed by atoms with van der Waals surface area (Å²) in [6.45, 7) is 9.85. The number of carbonyl (C=O) groups excluding carboxylic acids is 1. The number of aryl methyl sites for hydroxylation is 3. The second-order valence-electron chi connectivity index (χ2n) is 9.91. The molecule has 2 rings (SSSR count). The van der Waals surface area contributed by atoms with Crippen molar-refractivity contribution < 1.29 is 9.53 Å². The van der Waals surface area contributed by atoms with E-state index < -0.39 is 0 Å². The molecule has 0 heterocycles. The molecule has 0 saturated heterocycles. The molecule has 0 unspecified atom stereocenters. The highest BCUT2D eigenvalue weighted by atomic mass is 16.5. The lowest BCUT2D eigenvalue weighted by Gasteiger charge is -2.17. The predicted octanol–water partition coefficient (Wildman–Crippen LogP) is 6.95. The van der Waals surface area contributed by atoms with Crippen LogP contribution in [0.3, 0.4) is 0 Å². The molecule has 1 fully saturated rings. The van der Waals surface area contributed by atoms with Crippen molar-refractivity contribution in [3.8, 4) is 0 Å². The van der Waals surface area contributed by atoms with E-state index in [0.717, 1.165) is 19.3 Å². The maximum atomic E-state index is 10.5. The minimum absolute atomic E-state index is 0.0781. The Labute approximate surface area is 167 Å². The smallest absolute Gasteiger partial charge is 0.293 e. The lowest BCUT2D eigenvalue weighted by Crippen LogP contribution is -2.12. The van der Waals surface area contributed by atoms with Gasteiger partial charge < -0.3 is 4.74 Å². The van der Waals surface area contributed by atoms with E-state index in [9.17, 15) is 4.79 Å². The Bertz CT molecular complexity index is 578. The average Bonchev–Trinajstić information content (AvgIpc) is 3.33. The van der Waals surface area contributed by atoms with Gasteiger partial charge in [0, 0.05) is 0 Å². The number of carbonyl (C=O) groups is 1. The fraction of sp³-hybridized carbons (Fsp3) is 0.720. The van der Waals surface area contributed by atoms with Crippen LogP contribution in [0.2, 0.25) is 0 Å². The van der Waals surface area contributed by atoms with E-state index >= 15 is 0 Å². The van der Waals surface area contributed by atoms with Crippen LogP contribution in [-0.4, -0.2) is 12.1 Å². The molecule has 1 aliphatic rings. The van der Waals surface area contributed by atoms with E-state index in [1.807, 2.05) is 0 Å². The van der Waals surface area contributed by atoms with Crippen LogP contribution in [0, 0.1) is 12.3 Å². The number of ether oxygens (including phenoxy) is 1. The van der Waals surface area contributed by atoms with Gasteiger partial charge in [-0.2, -0.15) is 0 Å². The standard InChI is InChI=1S/C25H40O2/c1-21-17-22(11-7-5-9-13-24(2,3)4)19-23(18-21)12-8-6-10-14-25(15-16-25)27-20-26/h17-20H,5-16H2,1-4H3. The SMILES string of the molecule is Cc1cc(CCCCCC(C)(C)C)cc(CCCCCC2(OC=O)CC2)c1. The summed E-state index contributed by atoms with van der Waals surface area (Å²) < 4.78 is 5.23. The van der Waals surface area contributed by atoms with Gasteiger partial charge >= 0.3 is 0 Å². The maximum absolute atomic E-state index is 10.5. The van der Waals surface area contributed by atoms with Gasteiger partial charge in [-0.1, -0.05) is 63.8 Å². The molecule has 0 radical (unpaired) electrons. The maximum Gasteiger partial charge on any atom is 0.293 e. The molecule has 0 atom stereocenters. The zero-order valence-corrected chi connectivity index (χ0v) is 18.1. The summed E-state index contributed by atoms with van der Waals surface area (Å²) in [5.41, 5.74) is 4.79. The number of benzene rings is 1. The molecule has 0 N–H and O–H groups in total. The van der Waals surface area contributed by atoms with Crippen LogP contribution in [0.25, 0.3) is 0 Å². The van der Waals surface area contributed by atoms with Gasteiger partial charge in [0.25, 0.3) is 6.47 Å². The molecular weight excluding hydrogens is 332 g/mol. The second kappa shape index (κ2) is 10.3. The quantitative estimate of drug-likeness (QED) is 0.276. The van der Waals surface area contributed by atoms with Crippen LogP contribution >= 0.6 is 0 Å². The van der Waals surface area contributed by atoms with Crippen molar-refractivity contribution in [3.63, 3.8) is 0 Å². The van der Waals surface area contributed by atoms with Crippen molar-refractivity contribution in [1.82, 2.24) is 0 Å². The monoisotopic (exact) mass is 372 g/mol. The Morgan fingerprint density at radius 2 is 1.52 bits per heavy atom. The Kier molecular flexibility index (Phi) is 8.38. The first-order chi connectivity index (χ1) is 12.8. The summed E-state index contributed by atoms with van der Waals surface area (Å²) in [5.74, 6) is 0. The third-order valence-corrected chi connectivity index (χ3v) is 5.79. The van der Waals surface area contributed by atoms with Crippen molar-refractivity contribution in [1.29, 1.82) is 0 Å². The van der Waals surface area contributed by atoms with Crippen molar-refractivity contribution in [2.75, 3.05) is 0 Å². The molecule has 0 aliphatic heterocycles. The highest BCUT2D eigenvalue weighted by Gasteiger charge is 2.44. The molecule has 2 heteroatoms. The molecule has 152 valence electrons. The summed E-state index contributed by atoms with van der Waals surface area (Å²) in [6.07, 6.45) is 14.5. The van der Waals surface area contributed by atoms with Gasteiger partial charge in [0.2, 0.25) is 0 Å². The van der Waals surface area contributed by atoms with Gasteiger partial charge in [-0.15, -0.1) is 0 Å². The van der Waals surface area contributed by atoms with Crippen molar-refractivity contribution in [2.24, 2.45) is 5.41 Å². The lowest BCUT2D eigenvalue weighted by molar-refractivity contribution is -0.135. The molecule has 0 amide bonds. The van der Waals surface area contributed by atoms with Gasteiger partial charge in [-0.25, -0.2) is 0 Å². The van der Waals surface area contributed by atoms with Gasteiger partial charge in [0.15, 0.2) is 0 Å². The van der Waals surface area contributed by atoms with E-state index in [-0.39, 0.29) is 5.60 Å². The first-order valence-electron chi connectivity index (χ1n) is 11.0. The Morgan fingerprint density at radius 3 is 2.04 bits per heavy atom. The van der Waals surface area contributed by atoms with Crippen LogP contribution in [0.5, 0.6) is 0 Å². The van der Waals surface area contributed by atoms with Gasteiger partial charge in [0.1, 0.15) is 5.60 Å². The zero-order valence-electron chi connectivity index (χ0n) is 18.1. The van der Waals surface area contributed by atoms with Crippen molar-refractivity contribution in [2.45, 2.75) is 110 Å². The molecular formula is C25H40O2. The fourth-order valence-corrected chi connectivity index (χ4v) is 4.02. The molecule has 2 nitrogen and oxygen atoms in total. The summed E-state index contributed by atoms with van der Waals surface area (Å²) >= 11 is 0. The molecule has 0 spiro atoms. The first-order valence-corrected chi connectivity index (χ1v) is 11.0. The average molecular weight is 373 g/mol. The van der Waals surface area contributed by atoms with Crippen LogP contribution < -0.4 is 0 Å². The second-order valence-corrected chi connectivity index (χ2v) is 9.91. The van der Waals surface area contributed by atoms with Crippen LogP contribution in [-0.2, 0) is 22.4 Å². The molecule has 1 aliphatic carbocycles. The van der Waals surface area contributed by atoms with Gasteiger partial charge in [0.05, 0.1) is 0 Å². The summed E-state index contributed by atoms with van der Waals surface area (Å²) in [7, 11) is 0. The van der Waals surface area contributed by atoms with E-state index in [1.165, 1.54) is 74.5 Å². The third kappa shape index (κ3) is 8.95. The molecule has 1 aromatic carbocycles. The fourth-order valence-electron chi connectivity index (χ4n) is 4.02. The van der Waals surface area contributed by atoms with Crippen LogP contribution in [0.1, 0.15) is 102 Å². The summed E-state index contributed by atoms with van der Waals surface area (Å²) in [4.78, 5) is 10.5. The Hall–Kier alpha value is -1.31. The van der Waals surface area contributed by atoms with E-state index in [2.05, 4.69) is 45.9 Å². The van der Waals surface area contributed by atoms with E-state index in [4.69, 9.17) is 4.74 Å². The first kappa shape index (κ1) is 22.0. The van der Waals surface area contributed by atoms with Crippen molar-refractivity contribution in [3.05, 3.63) is 34.9 Å². The number of rotatable bonds is 13. The molecule has 27 heavy (non-hydrogen) atoms. The highest BCUT2D eigenvalue weighted by molar-refractivity contribution is 5.39. The largest absolute Gasteiger partial charge is 0.461 e. The molecule has 1 saturated carbocycles. The predicted molar refractivity (Wildman–Crippen MR) is 114 cm³/mol. The van der Waals surface area contributed by atoms with Crippen LogP contribution in [0.15, 0.2) is 18.2 Å². The zero-order chi connectivity index (χ0) is 19.8. The van der Waals surface area contributed by atoms with E-state index in [1.54, 1.807) is 0 Å². The molecule has 1 aromatic rings. The normalized spacial score (nSPS) is 15.6. The summed E-state index contributed by atoms with van der Waals surface area (Å²) in [5, 5.41) is 0. The molecule has 0 aromatic heterocycles. The van der Waals surface area contributed by atoms with Gasteiger partial charge in [-0.3, -0.25) is 4.79 Å². The number of hydrogen-bond donors (Lipinski definition) is 0. The molecule has 0 bridgehead atoms. The van der Waals surface area contributed by atoms with Crippen LogP contribution in [0.4, 0.5) is 0 Å². The Balaban J connectivity index is 1.65. The minimum Gasteiger partial charge on any atom is -0.461 e. The van der Waals surface area contributed by atoms with Crippen molar-refractivity contribution >= 4 is 6.47 Å². The summed E-state index contributed by atoms with van der Waals surface area (Å²) in [6, 6.07) is 7.14. The Morgan fingerprint density at radius 1 is 0.926 bits per heavy atom. The third-order valence-electron chi connectivity index (χ3n) is 5.79. The number of unbranched alkanes of at least 4 members (excludes halogenated alkanes) is 4. The lowest BCUT2D eigenvalue weighted by atomic mass is 9.89.